The van der Waals surface area contributed by atoms with Gasteiger partial charge in [0.25, 0.3) is 0 Å². The third-order valence-corrected chi connectivity index (χ3v) is 2.70. The second-order valence-electron chi connectivity index (χ2n) is 3.43. The molecule has 0 aliphatic carbocycles. The highest BCUT2D eigenvalue weighted by Crippen LogP contribution is 2.28. The summed E-state index contributed by atoms with van der Waals surface area (Å²) < 4.78 is 6.28. The van der Waals surface area contributed by atoms with E-state index in [0.717, 1.165) is 21.0 Å². The molecule has 4 heteroatoms. The maximum atomic E-state index is 10.6. The van der Waals surface area contributed by atoms with Crippen molar-refractivity contribution in [1.82, 2.24) is 0 Å². The van der Waals surface area contributed by atoms with E-state index in [9.17, 15) is 4.79 Å². The minimum atomic E-state index is -0.852. The van der Waals surface area contributed by atoms with Gasteiger partial charge in [-0.05, 0) is 24.6 Å². The van der Waals surface area contributed by atoms with Crippen molar-refractivity contribution in [3.63, 3.8) is 0 Å². The van der Waals surface area contributed by atoms with E-state index in [2.05, 4.69) is 15.9 Å². The molecular weight excluding hydrogens is 260 g/mol. The lowest BCUT2D eigenvalue weighted by atomic mass is 10.1. The summed E-state index contributed by atoms with van der Waals surface area (Å²) in [6, 6.07) is 3.82. The molecule has 0 fully saturated rings. The fourth-order valence-corrected chi connectivity index (χ4v) is 2.19. The minimum absolute atomic E-state index is 0.0110. The Bertz CT molecular complexity index is 528. The average molecular weight is 269 g/mol. The van der Waals surface area contributed by atoms with Gasteiger partial charge in [-0.3, -0.25) is 4.79 Å². The van der Waals surface area contributed by atoms with Crippen molar-refractivity contribution in [2.75, 3.05) is 0 Å². The van der Waals surface area contributed by atoms with E-state index in [-0.39, 0.29) is 6.42 Å². The molecule has 0 spiro atoms. The van der Waals surface area contributed by atoms with Gasteiger partial charge in [-0.25, -0.2) is 0 Å². The van der Waals surface area contributed by atoms with Crippen molar-refractivity contribution in [3.8, 4) is 0 Å². The van der Waals surface area contributed by atoms with Gasteiger partial charge in [0.2, 0.25) is 0 Å². The molecule has 1 aromatic heterocycles. The third kappa shape index (κ3) is 1.90. The van der Waals surface area contributed by atoms with Crippen molar-refractivity contribution in [2.45, 2.75) is 13.3 Å². The number of halogens is 1. The molecule has 0 amide bonds. The van der Waals surface area contributed by atoms with Gasteiger partial charge >= 0.3 is 5.97 Å². The first-order valence-corrected chi connectivity index (χ1v) is 5.25. The van der Waals surface area contributed by atoms with E-state index in [1.165, 1.54) is 6.26 Å². The van der Waals surface area contributed by atoms with Gasteiger partial charge in [-0.15, -0.1) is 0 Å². The first-order chi connectivity index (χ1) is 7.08. The van der Waals surface area contributed by atoms with Crippen LogP contribution in [0.25, 0.3) is 11.0 Å². The topological polar surface area (TPSA) is 50.4 Å². The van der Waals surface area contributed by atoms with Crippen molar-refractivity contribution in [2.24, 2.45) is 0 Å². The summed E-state index contributed by atoms with van der Waals surface area (Å²) in [4.78, 5) is 10.6. The molecule has 0 aliphatic heterocycles. The molecule has 0 aliphatic rings. The second kappa shape index (κ2) is 3.70. The Hall–Kier alpha value is -1.29. The highest BCUT2D eigenvalue weighted by molar-refractivity contribution is 9.10. The molecule has 1 N–H and O–H groups in total. The molecule has 1 aromatic carbocycles. The van der Waals surface area contributed by atoms with E-state index >= 15 is 0 Å². The predicted molar refractivity (Wildman–Crippen MR) is 60.0 cm³/mol. The fourth-order valence-electron chi connectivity index (χ4n) is 1.62. The summed E-state index contributed by atoms with van der Waals surface area (Å²) in [5.41, 5.74) is 2.47. The second-order valence-corrected chi connectivity index (χ2v) is 4.35. The third-order valence-electron chi connectivity index (χ3n) is 2.25. The van der Waals surface area contributed by atoms with E-state index in [1.807, 2.05) is 19.1 Å². The van der Waals surface area contributed by atoms with Crippen LogP contribution in [0.15, 0.2) is 27.3 Å². The van der Waals surface area contributed by atoms with Crippen molar-refractivity contribution in [1.29, 1.82) is 0 Å². The van der Waals surface area contributed by atoms with Gasteiger partial charge in [0, 0.05) is 15.4 Å². The molecule has 3 nitrogen and oxygen atoms in total. The molecule has 15 heavy (non-hydrogen) atoms. The molecule has 0 atom stereocenters. The molecule has 0 saturated carbocycles. The van der Waals surface area contributed by atoms with Crippen LogP contribution in [0.3, 0.4) is 0 Å². The standard InChI is InChI=1S/C11H9BrO3/c1-6-2-8(12)4-9-7(3-10(13)14)5-15-11(6)9/h2,4-5H,3H2,1H3,(H,13,14). The number of carboxylic acid groups (broad SMARTS) is 1. The summed E-state index contributed by atoms with van der Waals surface area (Å²) in [5, 5.41) is 9.60. The Kier molecular flexibility index (Phi) is 2.52. The zero-order chi connectivity index (χ0) is 11.0. The normalized spacial score (nSPS) is 10.8. The summed E-state index contributed by atoms with van der Waals surface area (Å²) in [6.07, 6.45) is 1.50. The number of benzene rings is 1. The number of fused-ring (bicyclic) bond motifs is 1. The number of aryl methyl sites for hydroxylation is 1. The number of furan rings is 1. The molecule has 0 bridgehead atoms. The average Bonchev–Trinajstić information content (AvgIpc) is 2.48. The van der Waals surface area contributed by atoms with Gasteiger partial charge in [0.1, 0.15) is 5.58 Å². The first-order valence-electron chi connectivity index (χ1n) is 4.46. The van der Waals surface area contributed by atoms with Crippen LogP contribution in [0.1, 0.15) is 11.1 Å². The van der Waals surface area contributed by atoms with Gasteiger partial charge in [-0.1, -0.05) is 15.9 Å². The van der Waals surface area contributed by atoms with Crippen LogP contribution in [0.4, 0.5) is 0 Å². The summed E-state index contributed by atoms with van der Waals surface area (Å²) in [6.45, 7) is 1.93. The SMILES string of the molecule is Cc1cc(Br)cc2c(CC(=O)O)coc12. The Labute approximate surface area is 94.8 Å². The Morgan fingerprint density at radius 2 is 2.27 bits per heavy atom. The Morgan fingerprint density at radius 1 is 1.53 bits per heavy atom. The maximum Gasteiger partial charge on any atom is 0.307 e. The molecule has 78 valence electrons. The number of rotatable bonds is 2. The largest absolute Gasteiger partial charge is 0.481 e. The molecule has 0 radical (unpaired) electrons. The van der Waals surface area contributed by atoms with Gasteiger partial charge < -0.3 is 9.52 Å². The fraction of sp³-hybridized carbons (Fsp3) is 0.182. The number of carbonyl (C=O) groups is 1. The van der Waals surface area contributed by atoms with Crippen LogP contribution in [-0.2, 0) is 11.2 Å². The highest BCUT2D eigenvalue weighted by atomic mass is 79.9. The lowest BCUT2D eigenvalue weighted by molar-refractivity contribution is -0.136. The minimum Gasteiger partial charge on any atom is -0.481 e. The zero-order valence-corrected chi connectivity index (χ0v) is 9.67. The Balaban J connectivity index is 2.63. The van der Waals surface area contributed by atoms with Crippen LogP contribution >= 0.6 is 15.9 Å². The molecule has 1 heterocycles. The van der Waals surface area contributed by atoms with Crippen molar-refractivity contribution < 1.29 is 14.3 Å². The number of aliphatic carboxylic acids is 1. The quantitative estimate of drug-likeness (QED) is 0.911. The van der Waals surface area contributed by atoms with Crippen LogP contribution in [-0.4, -0.2) is 11.1 Å². The van der Waals surface area contributed by atoms with E-state index in [0.29, 0.717) is 5.56 Å². The van der Waals surface area contributed by atoms with Gasteiger partial charge in [0.05, 0.1) is 12.7 Å². The zero-order valence-electron chi connectivity index (χ0n) is 8.08. The molecule has 2 rings (SSSR count). The van der Waals surface area contributed by atoms with Crippen molar-refractivity contribution >= 4 is 32.9 Å². The summed E-state index contributed by atoms with van der Waals surface area (Å²) >= 11 is 3.38. The Morgan fingerprint density at radius 3 is 2.93 bits per heavy atom. The molecule has 0 saturated heterocycles. The lowest BCUT2D eigenvalue weighted by Crippen LogP contribution is -1.98. The number of carboxylic acids is 1. The monoisotopic (exact) mass is 268 g/mol. The maximum absolute atomic E-state index is 10.6. The number of hydrogen-bond acceptors (Lipinski definition) is 2. The first kappa shape index (κ1) is 10.2. The summed E-state index contributed by atoms with van der Waals surface area (Å²) in [7, 11) is 0. The van der Waals surface area contributed by atoms with Gasteiger partial charge in [-0.2, -0.15) is 0 Å². The van der Waals surface area contributed by atoms with Crippen LogP contribution in [0.2, 0.25) is 0 Å². The molecule has 0 unspecified atom stereocenters. The van der Waals surface area contributed by atoms with Crippen LogP contribution in [0, 0.1) is 6.92 Å². The molecule has 2 aromatic rings. The van der Waals surface area contributed by atoms with Crippen LogP contribution in [0.5, 0.6) is 0 Å². The predicted octanol–water partition coefficient (Wildman–Crippen LogP) is 3.13. The van der Waals surface area contributed by atoms with E-state index in [1.54, 1.807) is 0 Å². The summed E-state index contributed by atoms with van der Waals surface area (Å²) in [5.74, 6) is -0.852. The lowest BCUT2D eigenvalue weighted by Gasteiger charge is -1.97. The highest BCUT2D eigenvalue weighted by Gasteiger charge is 2.11. The smallest absolute Gasteiger partial charge is 0.307 e. The number of hydrogen-bond donors (Lipinski definition) is 1. The van der Waals surface area contributed by atoms with E-state index < -0.39 is 5.97 Å². The van der Waals surface area contributed by atoms with Gasteiger partial charge in [0.15, 0.2) is 0 Å². The van der Waals surface area contributed by atoms with Crippen LogP contribution < -0.4 is 0 Å². The molecular formula is C11H9BrO3. The van der Waals surface area contributed by atoms with Crippen molar-refractivity contribution in [3.05, 3.63) is 34.0 Å². The van der Waals surface area contributed by atoms with E-state index in [4.69, 9.17) is 9.52 Å².